The number of ether oxygens (including phenoxy) is 2. The molecule has 126 valence electrons. The molecule has 0 fully saturated rings. The van der Waals surface area contributed by atoms with Crippen molar-refractivity contribution in [3.05, 3.63) is 33.9 Å². The van der Waals surface area contributed by atoms with Crippen molar-refractivity contribution in [2.24, 2.45) is 0 Å². The molecule has 0 spiro atoms. The third-order valence-electron chi connectivity index (χ3n) is 3.32. The SMILES string of the molecule is CCOC(=O)C(C)(C(=O)OCC)c1ccc([N+](=O)[O-])c(SC)c1. The second kappa shape index (κ2) is 7.96. The molecule has 7 nitrogen and oxygen atoms in total. The van der Waals surface area contributed by atoms with E-state index in [9.17, 15) is 19.7 Å². The number of nitro benzene ring substituents is 1. The molecule has 1 rings (SSSR count). The van der Waals surface area contributed by atoms with Crippen LogP contribution < -0.4 is 0 Å². The van der Waals surface area contributed by atoms with E-state index in [1.807, 2.05) is 0 Å². The van der Waals surface area contributed by atoms with Crippen molar-refractivity contribution in [1.29, 1.82) is 0 Å². The van der Waals surface area contributed by atoms with Gasteiger partial charge in [-0.25, -0.2) is 0 Å². The van der Waals surface area contributed by atoms with Crippen molar-refractivity contribution in [3.63, 3.8) is 0 Å². The molecule has 8 heteroatoms. The molecule has 0 unspecified atom stereocenters. The molecule has 0 aromatic heterocycles. The lowest BCUT2D eigenvalue weighted by Gasteiger charge is -2.25. The number of carbonyl (C=O) groups excluding carboxylic acids is 2. The molecule has 0 radical (unpaired) electrons. The van der Waals surface area contributed by atoms with Crippen molar-refractivity contribution in [2.45, 2.75) is 31.1 Å². The summed E-state index contributed by atoms with van der Waals surface area (Å²) in [6.07, 6.45) is 1.68. The van der Waals surface area contributed by atoms with E-state index in [2.05, 4.69) is 0 Å². The van der Waals surface area contributed by atoms with Crippen LogP contribution in [0.25, 0.3) is 0 Å². The van der Waals surface area contributed by atoms with Crippen LogP contribution >= 0.6 is 11.8 Å². The summed E-state index contributed by atoms with van der Waals surface area (Å²) in [7, 11) is 0. The summed E-state index contributed by atoms with van der Waals surface area (Å²) in [5.74, 6) is -1.50. The van der Waals surface area contributed by atoms with Crippen LogP contribution in [0.15, 0.2) is 23.1 Å². The highest BCUT2D eigenvalue weighted by Crippen LogP contribution is 2.34. The van der Waals surface area contributed by atoms with E-state index in [1.165, 1.54) is 25.1 Å². The molecule has 0 heterocycles. The van der Waals surface area contributed by atoms with Crippen molar-refractivity contribution >= 4 is 29.4 Å². The first-order valence-electron chi connectivity index (χ1n) is 7.00. The highest BCUT2D eigenvalue weighted by atomic mass is 32.2. The van der Waals surface area contributed by atoms with Gasteiger partial charge in [-0.1, -0.05) is 6.07 Å². The molecular formula is C15H19NO6S. The van der Waals surface area contributed by atoms with E-state index < -0.39 is 22.3 Å². The number of rotatable bonds is 7. The van der Waals surface area contributed by atoms with E-state index in [4.69, 9.17) is 9.47 Å². The monoisotopic (exact) mass is 341 g/mol. The molecule has 0 saturated heterocycles. The Hall–Kier alpha value is -2.09. The van der Waals surface area contributed by atoms with Crippen LogP contribution in [0.5, 0.6) is 0 Å². The van der Waals surface area contributed by atoms with Gasteiger partial charge in [0.1, 0.15) is 0 Å². The average Bonchev–Trinajstić information content (AvgIpc) is 2.53. The van der Waals surface area contributed by atoms with Gasteiger partial charge in [-0.3, -0.25) is 19.7 Å². The Kier molecular flexibility index (Phi) is 6.56. The minimum absolute atomic E-state index is 0.0867. The highest BCUT2D eigenvalue weighted by molar-refractivity contribution is 7.98. The summed E-state index contributed by atoms with van der Waals surface area (Å²) in [5, 5.41) is 11.0. The number of hydrogen-bond donors (Lipinski definition) is 0. The molecule has 0 atom stereocenters. The van der Waals surface area contributed by atoms with Gasteiger partial charge in [0.25, 0.3) is 5.69 Å². The van der Waals surface area contributed by atoms with Crippen LogP contribution in [0.1, 0.15) is 26.3 Å². The van der Waals surface area contributed by atoms with Gasteiger partial charge in [-0.15, -0.1) is 11.8 Å². The minimum atomic E-state index is -1.67. The summed E-state index contributed by atoms with van der Waals surface area (Å²) in [6.45, 7) is 4.87. The van der Waals surface area contributed by atoms with Gasteiger partial charge in [0.05, 0.1) is 23.0 Å². The molecule has 0 saturated carbocycles. The zero-order valence-corrected chi connectivity index (χ0v) is 14.3. The number of benzene rings is 1. The Morgan fingerprint density at radius 1 is 1.22 bits per heavy atom. The predicted octanol–water partition coefficient (Wildman–Crippen LogP) is 2.70. The van der Waals surface area contributed by atoms with Gasteiger partial charge in [-0.2, -0.15) is 0 Å². The summed E-state index contributed by atoms with van der Waals surface area (Å²) < 4.78 is 10.00. The maximum absolute atomic E-state index is 12.3. The smallest absolute Gasteiger partial charge is 0.327 e. The van der Waals surface area contributed by atoms with E-state index in [-0.39, 0.29) is 18.9 Å². The number of nitrogens with zero attached hydrogens (tertiary/aromatic N) is 1. The summed E-state index contributed by atoms with van der Waals surface area (Å²) in [4.78, 5) is 35.5. The van der Waals surface area contributed by atoms with Crippen molar-refractivity contribution in [2.75, 3.05) is 19.5 Å². The lowest BCUT2D eigenvalue weighted by atomic mass is 9.82. The van der Waals surface area contributed by atoms with E-state index in [0.29, 0.717) is 10.5 Å². The molecule has 1 aromatic rings. The molecule has 0 amide bonds. The first-order valence-corrected chi connectivity index (χ1v) is 8.22. The molecule has 23 heavy (non-hydrogen) atoms. The van der Waals surface area contributed by atoms with Gasteiger partial charge in [-0.05, 0) is 38.7 Å². The molecule has 0 aliphatic rings. The topological polar surface area (TPSA) is 95.7 Å². The zero-order valence-electron chi connectivity index (χ0n) is 13.5. The number of carbonyl (C=O) groups is 2. The summed E-state index contributed by atoms with van der Waals surface area (Å²) in [5.41, 5.74) is -1.47. The van der Waals surface area contributed by atoms with Crippen molar-refractivity contribution < 1.29 is 24.0 Å². The quantitative estimate of drug-likeness (QED) is 0.247. The number of thioether (sulfide) groups is 1. The van der Waals surface area contributed by atoms with Gasteiger partial charge >= 0.3 is 11.9 Å². The average molecular weight is 341 g/mol. The predicted molar refractivity (Wildman–Crippen MR) is 85.5 cm³/mol. The minimum Gasteiger partial charge on any atom is -0.465 e. The van der Waals surface area contributed by atoms with Gasteiger partial charge < -0.3 is 9.47 Å². The second-order valence-electron chi connectivity index (χ2n) is 4.71. The van der Waals surface area contributed by atoms with Crippen molar-refractivity contribution in [3.8, 4) is 0 Å². The van der Waals surface area contributed by atoms with Crippen LogP contribution in [0.2, 0.25) is 0 Å². The maximum atomic E-state index is 12.3. The van der Waals surface area contributed by atoms with E-state index in [0.717, 1.165) is 11.8 Å². The lowest BCUT2D eigenvalue weighted by Crippen LogP contribution is -2.43. The molecule has 0 N–H and O–H groups in total. The van der Waals surface area contributed by atoms with Gasteiger partial charge in [0.2, 0.25) is 0 Å². The Morgan fingerprint density at radius 3 is 2.13 bits per heavy atom. The first-order chi connectivity index (χ1) is 10.8. The van der Waals surface area contributed by atoms with Crippen LogP contribution in [-0.2, 0) is 24.5 Å². The van der Waals surface area contributed by atoms with E-state index >= 15 is 0 Å². The largest absolute Gasteiger partial charge is 0.465 e. The summed E-state index contributed by atoms with van der Waals surface area (Å²) >= 11 is 1.16. The third-order valence-corrected chi connectivity index (χ3v) is 4.09. The first kappa shape index (κ1) is 19.0. The Labute approximate surface area is 138 Å². The molecule has 0 aliphatic carbocycles. The molecule has 0 bridgehead atoms. The fraction of sp³-hybridized carbons (Fsp3) is 0.467. The van der Waals surface area contributed by atoms with Crippen LogP contribution in [0.3, 0.4) is 0 Å². The Morgan fingerprint density at radius 2 is 1.74 bits per heavy atom. The third kappa shape index (κ3) is 3.82. The number of esters is 2. The lowest BCUT2D eigenvalue weighted by molar-refractivity contribution is -0.387. The molecule has 1 aromatic carbocycles. The van der Waals surface area contributed by atoms with Crippen LogP contribution in [0, 0.1) is 10.1 Å². The summed E-state index contributed by atoms with van der Waals surface area (Å²) in [6, 6.07) is 4.11. The van der Waals surface area contributed by atoms with Crippen LogP contribution in [-0.4, -0.2) is 36.3 Å². The fourth-order valence-electron chi connectivity index (χ4n) is 2.01. The standard InChI is InChI=1S/C15H19NO6S/c1-5-21-13(17)15(3,14(18)22-6-2)10-7-8-11(16(19)20)12(9-10)23-4/h7-9H,5-6H2,1-4H3. The van der Waals surface area contributed by atoms with E-state index in [1.54, 1.807) is 20.1 Å². The van der Waals surface area contributed by atoms with Crippen molar-refractivity contribution in [1.82, 2.24) is 0 Å². The Bertz CT molecular complexity index is 598. The second-order valence-corrected chi connectivity index (χ2v) is 5.56. The fourth-order valence-corrected chi connectivity index (χ4v) is 2.61. The van der Waals surface area contributed by atoms with Crippen LogP contribution in [0.4, 0.5) is 5.69 Å². The number of nitro groups is 1. The van der Waals surface area contributed by atoms with Gasteiger partial charge in [0.15, 0.2) is 5.41 Å². The molecular weight excluding hydrogens is 322 g/mol. The zero-order chi connectivity index (χ0) is 17.6. The normalized spacial score (nSPS) is 11.0. The molecule has 0 aliphatic heterocycles. The van der Waals surface area contributed by atoms with Gasteiger partial charge in [0, 0.05) is 6.07 Å². The highest BCUT2D eigenvalue weighted by Gasteiger charge is 2.46. The maximum Gasteiger partial charge on any atom is 0.327 e. The Balaban J connectivity index is 3.45. The number of hydrogen-bond acceptors (Lipinski definition) is 7.